The number of aromatic nitrogens is 3. The summed E-state index contributed by atoms with van der Waals surface area (Å²) in [6.45, 7) is 3.49. The van der Waals surface area contributed by atoms with Crippen LogP contribution in [0, 0.1) is 6.92 Å². The Morgan fingerprint density at radius 1 is 1.07 bits per heavy atom. The van der Waals surface area contributed by atoms with E-state index < -0.39 is 0 Å². The minimum atomic E-state index is -0.0594. The molecule has 0 saturated carbocycles. The average Bonchev–Trinajstić information content (AvgIpc) is 3.38. The van der Waals surface area contributed by atoms with Crippen molar-refractivity contribution in [1.82, 2.24) is 20.5 Å². The van der Waals surface area contributed by atoms with Crippen LogP contribution in [0.15, 0.2) is 54.9 Å². The topological polar surface area (TPSA) is 97.9 Å². The molecule has 0 spiro atoms. The summed E-state index contributed by atoms with van der Waals surface area (Å²) < 4.78 is 0. The predicted molar refractivity (Wildman–Crippen MR) is 119 cm³/mol. The third-order valence-corrected chi connectivity index (χ3v) is 5.63. The monoisotopic (exact) mass is 400 g/mol. The van der Waals surface area contributed by atoms with Crippen LogP contribution in [-0.2, 0) is 6.54 Å². The molecule has 1 aliphatic heterocycles. The maximum Gasteiger partial charge on any atom is 0.141 e. The quantitative estimate of drug-likeness (QED) is 0.318. The Balaban J connectivity index is 1.49. The van der Waals surface area contributed by atoms with Gasteiger partial charge in [0.2, 0.25) is 0 Å². The largest absolute Gasteiger partial charge is 0.395 e. The van der Waals surface area contributed by atoms with Crippen LogP contribution in [0.5, 0.6) is 0 Å². The summed E-state index contributed by atoms with van der Waals surface area (Å²) in [5, 5.41) is 28.0. The Morgan fingerprint density at radius 3 is 2.63 bits per heavy atom. The summed E-state index contributed by atoms with van der Waals surface area (Å²) in [7, 11) is 0. The lowest BCUT2D eigenvalue weighted by Gasteiger charge is -2.13. The number of para-hydroxylation sites is 2. The Kier molecular flexibility index (Phi) is 4.82. The van der Waals surface area contributed by atoms with Gasteiger partial charge in [-0.25, -0.2) is 0 Å². The van der Waals surface area contributed by atoms with Crippen molar-refractivity contribution in [2.45, 2.75) is 19.6 Å². The van der Waals surface area contributed by atoms with Gasteiger partial charge >= 0.3 is 0 Å². The van der Waals surface area contributed by atoms with Gasteiger partial charge in [-0.05, 0) is 47.9 Å². The molecule has 0 bridgehead atoms. The molecule has 0 aliphatic carbocycles. The Hall–Kier alpha value is -3.42. The molecule has 5 rings (SSSR count). The molecule has 152 valence electrons. The number of rotatable bonds is 6. The van der Waals surface area contributed by atoms with E-state index in [2.05, 4.69) is 62.3 Å². The lowest BCUT2D eigenvalue weighted by atomic mass is 9.97. The molecule has 7 heteroatoms. The first kappa shape index (κ1) is 18.6. The van der Waals surface area contributed by atoms with Gasteiger partial charge < -0.3 is 21.1 Å². The molecule has 0 atom stereocenters. The highest BCUT2D eigenvalue weighted by molar-refractivity contribution is 5.89. The summed E-state index contributed by atoms with van der Waals surface area (Å²) >= 11 is 0. The number of benzene rings is 2. The number of aromatic amines is 1. The van der Waals surface area contributed by atoms with Gasteiger partial charge in [-0.2, -0.15) is 5.10 Å². The summed E-state index contributed by atoms with van der Waals surface area (Å²) in [5.41, 5.74) is 8.63. The fourth-order valence-electron chi connectivity index (χ4n) is 3.98. The van der Waals surface area contributed by atoms with E-state index in [-0.39, 0.29) is 12.8 Å². The molecule has 3 heterocycles. The van der Waals surface area contributed by atoms with E-state index in [1.807, 2.05) is 30.6 Å². The maximum atomic E-state index is 9.00. The molecule has 7 nitrogen and oxygen atoms in total. The van der Waals surface area contributed by atoms with Crippen molar-refractivity contribution < 1.29 is 5.11 Å². The minimum absolute atomic E-state index is 0.0594. The Labute approximate surface area is 174 Å². The second-order valence-corrected chi connectivity index (χ2v) is 7.51. The van der Waals surface area contributed by atoms with Crippen molar-refractivity contribution in [3.05, 3.63) is 71.7 Å². The Bertz CT molecular complexity index is 1180. The zero-order valence-electron chi connectivity index (χ0n) is 16.7. The van der Waals surface area contributed by atoms with Crippen LogP contribution in [0.25, 0.3) is 22.0 Å². The molecule has 30 heavy (non-hydrogen) atoms. The standard InChI is InChI=1S/C23H24N6O/c1-14-16(11-24-8-9-30)12-25-13-18(14)15-6-7-19-17(10-15)22(29-28-19)23-26-20-4-2-3-5-21(20)27-23/h2-7,10,12-13,23-24,26-27,30H,8-9,11H2,1H3,(H,28,29). The molecule has 0 unspecified atom stereocenters. The SMILES string of the molecule is Cc1c(CNCCO)cncc1-c1ccc2n[nH]c(C3Nc4ccccc4N3)c2c1. The third-order valence-electron chi connectivity index (χ3n) is 5.63. The highest BCUT2D eigenvalue weighted by Crippen LogP contribution is 2.37. The van der Waals surface area contributed by atoms with Crippen molar-refractivity contribution in [2.24, 2.45) is 0 Å². The average molecular weight is 400 g/mol. The zero-order chi connectivity index (χ0) is 20.5. The number of H-pyrrole nitrogens is 1. The van der Waals surface area contributed by atoms with Gasteiger partial charge in [-0.15, -0.1) is 0 Å². The second kappa shape index (κ2) is 7.78. The second-order valence-electron chi connectivity index (χ2n) is 7.51. The van der Waals surface area contributed by atoms with Gasteiger partial charge in [0.25, 0.3) is 0 Å². The van der Waals surface area contributed by atoms with Crippen LogP contribution >= 0.6 is 0 Å². The summed E-state index contributed by atoms with van der Waals surface area (Å²) in [5.74, 6) is 0. The first-order valence-electron chi connectivity index (χ1n) is 10.1. The van der Waals surface area contributed by atoms with E-state index >= 15 is 0 Å². The molecule has 4 aromatic rings. The number of anilines is 2. The molecular weight excluding hydrogens is 376 g/mol. The van der Waals surface area contributed by atoms with Crippen LogP contribution in [-0.4, -0.2) is 33.4 Å². The van der Waals surface area contributed by atoms with Crippen LogP contribution < -0.4 is 16.0 Å². The third kappa shape index (κ3) is 3.28. The fraction of sp³-hybridized carbons (Fsp3) is 0.217. The van der Waals surface area contributed by atoms with E-state index in [4.69, 9.17) is 5.11 Å². The highest BCUT2D eigenvalue weighted by atomic mass is 16.3. The van der Waals surface area contributed by atoms with Gasteiger partial charge in [0.1, 0.15) is 6.17 Å². The molecule has 1 aliphatic rings. The highest BCUT2D eigenvalue weighted by Gasteiger charge is 2.24. The smallest absolute Gasteiger partial charge is 0.141 e. The van der Waals surface area contributed by atoms with E-state index in [1.165, 1.54) is 5.56 Å². The molecule has 2 aromatic carbocycles. The summed E-state index contributed by atoms with van der Waals surface area (Å²) in [4.78, 5) is 4.44. The van der Waals surface area contributed by atoms with Crippen molar-refractivity contribution in [1.29, 1.82) is 0 Å². The van der Waals surface area contributed by atoms with E-state index in [1.54, 1.807) is 0 Å². The normalized spacial score (nSPS) is 13.3. The van der Waals surface area contributed by atoms with Crippen LogP contribution in [0.4, 0.5) is 11.4 Å². The number of pyridine rings is 1. The molecular formula is C23H24N6O. The Morgan fingerprint density at radius 2 is 1.87 bits per heavy atom. The van der Waals surface area contributed by atoms with Gasteiger partial charge in [-0.1, -0.05) is 18.2 Å². The van der Waals surface area contributed by atoms with E-state index in [0.29, 0.717) is 13.1 Å². The van der Waals surface area contributed by atoms with Gasteiger partial charge in [0, 0.05) is 36.4 Å². The predicted octanol–water partition coefficient (Wildman–Crippen LogP) is 3.55. The number of hydrogen-bond acceptors (Lipinski definition) is 6. The number of nitrogens with zero attached hydrogens (tertiary/aromatic N) is 2. The number of aliphatic hydroxyl groups excluding tert-OH is 1. The summed E-state index contributed by atoms with van der Waals surface area (Å²) in [6, 6.07) is 14.5. The summed E-state index contributed by atoms with van der Waals surface area (Å²) in [6.07, 6.45) is 3.73. The molecule has 5 N–H and O–H groups in total. The van der Waals surface area contributed by atoms with Crippen LogP contribution in [0.2, 0.25) is 0 Å². The van der Waals surface area contributed by atoms with Gasteiger partial charge in [0.15, 0.2) is 0 Å². The van der Waals surface area contributed by atoms with E-state index in [9.17, 15) is 0 Å². The van der Waals surface area contributed by atoms with E-state index in [0.717, 1.165) is 44.7 Å². The number of fused-ring (bicyclic) bond motifs is 2. The minimum Gasteiger partial charge on any atom is -0.395 e. The lowest BCUT2D eigenvalue weighted by Crippen LogP contribution is -2.18. The van der Waals surface area contributed by atoms with Gasteiger partial charge in [0.05, 0.1) is 29.2 Å². The maximum absolute atomic E-state index is 9.00. The number of aliphatic hydroxyl groups is 1. The van der Waals surface area contributed by atoms with Crippen LogP contribution in [0.1, 0.15) is 23.0 Å². The first-order valence-corrected chi connectivity index (χ1v) is 10.1. The van der Waals surface area contributed by atoms with Crippen molar-refractivity contribution in [3.63, 3.8) is 0 Å². The molecule has 0 radical (unpaired) electrons. The molecule has 0 fully saturated rings. The molecule has 0 amide bonds. The molecule has 2 aromatic heterocycles. The molecule has 0 saturated heterocycles. The van der Waals surface area contributed by atoms with Crippen molar-refractivity contribution >= 4 is 22.3 Å². The zero-order valence-corrected chi connectivity index (χ0v) is 16.7. The van der Waals surface area contributed by atoms with Crippen LogP contribution in [0.3, 0.4) is 0 Å². The lowest BCUT2D eigenvalue weighted by molar-refractivity contribution is 0.292. The van der Waals surface area contributed by atoms with Crippen molar-refractivity contribution in [3.8, 4) is 11.1 Å². The number of nitrogens with one attached hydrogen (secondary N) is 4. The number of hydrogen-bond donors (Lipinski definition) is 5. The fourth-order valence-corrected chi connectivity index (χ4v) is 3.98. The van der Waals surface area contributed by atoms with Gasteiger partial charge in [-0.3, -0.25) is 10.1 Å². The van der Waals surface area contributed by atoms with Crippen molar-refractivity contribution in [2.75, 3.05) is 23.8 Å². The first-order chi connectivity index (χ1) is 14.7.